The molecule has 0 saturated carbocycles. The fraction of sp³-hybridized carbons (Fsp3) is 0.455. The van der Waals surface area contributed by atoms with Crippen LogP contribution in [0.15, 0.2) is 84.9 Å². The molecule has 1 aliphatic rings. The first-order valence-electron chi connectivity index (χ1n) is 19.9. The van der Waals surface area contributed by atoms with E-state index in [2.05, 4.69) is 16.0 Å². The monoisotopic (exact) mass is 800 g/mol. The van der Waals surface area contributed by atoms with Gasteiger partial charge in [-0.05, 0) is 102 Å². The van der Waals surface area contributed by atoms with Gasteiger partial charge in [-0.3, -0.25) is 14.4 Å². The highest BCUT2D eigenvalue weighted by atomic mass is 16.6. The molecular formula is C44H56N4O10. The van der Waals surface area contributed by atoms with Crippen LogP contribution in [0.1, 0.15) is 87.7 Å². The molecule has 58 heavy (non-hydrogen) atoms. The average Bonchev–Trinajstić information content (AvgIpc) is 3.20. The molecule has 0 aliphatic carbocycles. The fourth-order valence-corrected chi connectivity index (χ4v) is 6.57. The van der Waals surface area contributed by atoms with Gasteiger partial charge < -0.3 is 40.2 Å². The summed E-state index contributed by atoms with van der Waals surface area (Å²) in [4.78, 5) is 81.5. The van der Waals surface area contributed by atoms with Crippen LogP contribution in [0, 0.1) is 0 Å². The summed E-state index contributed by atoms with van der Waals surface area (Å²) in [7, 11) is 0. The highest BCUT2D eigenvalue weighted by molar-refractivity contribution is 5.95. The molecule has 4 rings (SSSR count). The van der Waals surface area contributed by atoms with Crippen LogP contribution in [0.25, 0.3) is 0 Å². The van der Waals surface area contributed by atoms with Gasteiger partial charge in [0.2, 0.25) is 17.7 Å². The molecule has 0 unspecified atom stereocenters. The Hall–Kier alpha value is -5.92. The second-order valence-corrected chi connectivity index (χ2v) is 15.2. The van der Waals surface area contributed by atoms with Crippen molar-refractivity contribution < 1.29 is 48.1 Å². The van der Waals surface area contributed by atoms with Gasteiger partial charge in [0.25, 0.3) is 0 Å². The number of nitrogens with one attached hydrogen (secondary N) is 3. The maximum Gasteiger partial charge on any atom is 0.408 e. The van der Waals surface area contributed by atoms with Crippen molar-refractivity contribution in [3.05, 3.63) is 102 Å². The number of carbonyl (C=O) groups is 6. The topological polar surface area (TPSA) is 190 Å². The molecule has 4 N–H and O–H groups in total. The number of ether oxygens (including phenoxy) is 3. The zero-order valence-electron chi connectivity index (χ0n) is 33.7. The minimum atomic E-state index is -1.23. The summed E-state index contributed by atoms with van der Waals surface area (Å²) >= 11 is 0. The van der Waals surface area contributed by atoms with E-state index < -0.39 is 65.5 Å². The molecule has 4 amide bonds. The molecule has 0 spiro atoms. The molecule has 0 aromatic heterocycles. The number of hydrogen-bond acceptors (Lipinski definition) is 9. The van der Waals surface area contributed by atoms with Crippen molar-refractivity contribution in [2.45, 2.75) is 109 Å². The Morgan fingerprint density at radius 1 is 0.759 bits per heavy atom. The summed E-state index contributed by atoms with van der Waals surface area (Å²) in [6.45, 7) is 7.69. The summed E-state index contributed by atoms with van der Waals surface area (Å²) in [5, 5.41) is 18.3. The van der Waals surface area contributed by atoms with Gasteiger partial charge in [0, 0.05) is 19.4 Å². The molecule has 1 heterocycles. The van der Waals surface area contributed by atoms with Crippen LogP contribution in [0.2, 0.25) is 0 Å². The van der Waals surface area contributed by atoms with Gasteiger partial charge in [-0.15, -0.1) is 0 Å². The Morgan fingerprint density at radius 2 is 1.36 bits per heavy atom. The van der Waals surface area contributed by atoms with Crippen molar-refractivity contribution in [1.82, 2.24) is 20.9 Å². The minimum Gasteiger partial charge on any atom is -0.494 e. The van der Waals surface area contributed by atoms with Gasteiger partial charge >= 0.3 is 18.0 Å². The number of carbonyl (C=O) groups excluding carboxylic acids is 5. The van der Waals surface area contributed by atoms with E-state index in [-0.39, 0.29) is 32.4 Å². The molecule has 1 aliphatic heterocycles. The smallest absolute Gasteiger partial charge is 0.408 e. The standard InChI is InChI=1S/C44H56N4O10/c1-5-56-33-24-22-31(23-25-33)28-35(39(50)46-36(29-30-16-8-6-9-17-30)40(51)48-26-14-12-21-37(48)41(52)53)45-38(49)34(47-43(55)58-44(2,3)4)20-13-15-27-57-42(54)32-18-10-7-11-19-32/h6-11,16-19,22-25,34-37H,5,12-15,20-21,26-29H2,1-4H3,(H,45,49)(H,46,50)(H,47,55)(H,52,53)/t34-,35-,36-,37+/m0/s1. The number of rotatable bonds is 19. The quantitative estimate of drug-likeness (QED) is 0.0924. The molecule has 14 nitrogen and oxygen atoms in total. The normalized spacial score (nSPS) is 15.5. The average molecular weight is 801 g/mol. The van der Waals surface area contributed by atoms with E-state index in [1.54, 1.807) is 87.5 Å². The van der Waals surface area contributed by atoms with Gasteiger partial charge in [-0.1, -0.05) is 60.7 Å². The SMILES string of the molecule is CCOc1ccc(C[C@H](NC(=O)[C@H](CCCCOC(=O)c2ccccc2)NC(=O)OC(C)(C)C)C(=O)N[C@@H](Cc2ccccc2)C(=O)N2CCCC[C@@H]2C(=O)O)cc1. The van der Waals surface area contributed by atoms with E-state index in [9.17, 15) is 33.9 Å². The predicted octanol–water partition coefficient (Wildman–Crippen LogP) is 5.23. The number of benzene rings is 3. The lowest BCUT2D eigenvalue weighted by molar-refractivity contribution is -0.153. The van der Waals surface area contributed by atoms with Crippen molar-refractivity contribution in [2.75, 3.05) is 19.8 Å². The summed E-state index contributed by atoms with van der Waals surface area (Å²) in [6, 6.07) is 20.1. The van der Waals surface area contributed by atoms with Gasteiger partial charge in [0.05, 0.1) is 18.8 Å². The largest absolute Gasteiger partial charge is 0.494 e. The van der Waals surface area contributed by atoms with Gasteiger partial charge in [0.15, 0.2) is 0 Å². The zero-order chi connectivity index (χ0) is 42.1. The number of likely N-dealkylation sites (tertiary alicyclic amines) is 1. The first-order valence-corrected chi connectivity index (χ1v) is 19.9. The Morgan fingerprint density at radius 3 is 2.00 bits per heavy atom. The number of amides is 4. The summed E-state index contributed by atoms with van der Waals surface area (Å²) in [5.74, 6) is -2.86. The van der Waals surface area contributed by atoms with Crippen LogP contribution >= 0.6 is 0 Å². The van der Waals surface area contributed by atoms with Crippen LogP contribution in [0.5, 0.6) is 5.75 Å². The molecule has 1 fully saturated rings. The van der Waals surface area contributed by atoms with Crippen LogP contribution in [-0.4, -0.2) is 95.3 Å². The van der Waals surface area contributed by atoms with E-state index in [1.165, 1.54) is 4.90 Å². The molecule has 0 bridgehead atoms. The van der Waals surface area contributed by atoms with Gasteiger partial charge in [-0.25, -0.2) is 14.4 Å². The van der Waals surface area contributed by atoms with E-state index in [0.29, 0.717) is 55.6 Å². The first kappa shape index (κ1) is 44.8. The van der Waals surface area contributed by atoms with Crippen LogP contribution in [-0.2, 0) is 41.5 Å². The Kier molecular flexibility index (Phi) is 17.1. The van der Waals surface area contributed by atoms with Crippen molar-refractivity contribution in [3.8, 4) is 5.75 Å². The lowest BCUT2D eigenvalue weighted by atomic mass is 9.98. The molecule has 14 heteroatoms. The Bertz CT molecular complexity index is 1820. The second kappa shape index (κ2) is 22.1. The summed E-state index contributed by atoms with van der Waals surface area (Å²) in [5.41, 5.74) is 0.969. The third-order valence-corrected chi connectivity index (χ3v) is 9.41. The van der Waals surface area contributed by atoms with Crippen molar-refractivity contribution in [3.63, 3.8) is 0 Å². The molecule has 4 atom stereocenters. The number of piperidine rings is 1. The number of esters is 1. The Labute approximate surface area is 340 Å². The second-order valence-electron chi connectivity index (χ2n) is 15.2. The molecule has 312 valence electrons. The molecule has 3 aromatic rings. The van der Waals surface area contributed by atoms with Crippen molar-refractivity contribution in [2.24, 2.45) is 0 Å². The lowest BCUT2D eigenvalue weighted by Crippen LogP contribution is -2.60. The van der Waals surface area contributed by atoms with Crippen LogP contribution in [0.3, 0.4) is 0 Å². The maximum absolute atomic E-state index is 14.4. The fourth-order valence-electron chi connectivity index (χ4n) is 6.57. The van der Waals surface area contributed by atoms with Crippen molar-refractivity contribution >= 4 is 35.8 Å². The van der Waals surface area contributed by atoms with Gasteiger partial charge in [-0.2, -0.15) is 0 Å². The minimum absolute atomic E-state index is 0.00624. The van der Waals surface area contributed by atoms with Gasteiger partial charge in [0.1, 0.15) is 35.5 Å². The van der Waals surface area contributed by atoms with Crippen LogP contribution < -0.4 is 20.7 Å². The highest BCUT2D eigenvalue weighted by Gasteiger charge is 2.37. The van der Waals surface area contributed by atoms with E-state index in [0.717, 1.165) is 5.56 Å². The highest BCUT2D eigenvalue weighted by Crippen LogP contribution is 2.20. The number of unbranched alkanes of at least 4 members (excludes halogenated alkanes) is 1. The number of alkyl carbamates (subject to hydrolysis) is 1. The number of carboxylic acid groups (broad SMARTS) is 1. The maximum atomic E-state index is 14.4. The number of hydrogen-bond donors (Lipinski definition) is 4. The van der Waals surface area contributed by atoms with Crippen molar-refractivity contribution in [1.29, 1.82) is 0 Å². The molecule has 0 radical (unpaired) electrons. The predicted molar refractivity (Wildman–Crippen MR) is 216 cm³/mol. The van der Waals surface area contributed by atoms with E-state index in [1.807, 2.05) is 25.1 Å². The third-order valence-electron chi connectivity index (χ3n) is 9.41. The third kappa shape index (κ3) is 14.5. The van der Waals surface area contributed by atoms with E-state index in [4.69, 9.17) is 14.2 Å². The number of carboxylic acids is 1. The Balaban J connectivity index is 1.57. The molecule has 1 saturated heterocycles. The lowest BCUT2D eigenvalue weighted by Gasteiger charge is -2.36. The van der Waals surface area contributed by atoms with Crippen LogP contribution in [0.4, 0.5) is 4.79 Å². The summed E-state index contributed by atoms with van der Waals surface area (Å²) < 4.78 is 16.4. The first-order chi connectivity index (χ1) is 27.7. The molecule has 3 aromatic carbocycles. The summed E-state index contributed by atoms with van der Waals surface area (Å²) in [6.07, 6.45) is 1.69. The zero-order valence-corrected chi connectivity index (χ0v) is 33.7. The number of aliphatic carboxylic acids is 1. The number of nitrogens with zero attached hydrogens (tertiary/aromatic N) is 1. The molecular weight excluding hydrogens is 745 g/mol. The van der Waals surface area contributed by atoms with E-state index >= 15 is 0 Å².